The molecule has 8 rings (SSSR count). The fourth-order valence-electron chi connectivity index (χ4n) is 8.25. The van der Waals surface area contributed by atoms with Gasteiger partial charge in [-0.15, -0.1) is 41.3 Å². The molecule has 0 aliphatic rings. The van der Waals surface area contributed by atoms with E-state index in [4.69, 9.17) is 14.8 Å². The summed E-state index contributed by atoms with van der Waals surface area (Å²) in [4.78, 5) is 5.17. The van der Waals surface area contributed by atoms with Crippen molar-refractivity contribution in [3.05, 3.63) is 156 Å². The number of ether oxygens (including phenoxy) is 1. The first-order valence-corrected chi connectivity index (χ1v) is 22.4. The number of fused-ring (bicyclic) bond motifs is 3. The summed E-state index contributed by atoms with van der Waals surface area (Å²) in [6.45, 7) is 33.8. The number of hydrogen-bond donors (Lipinski definition) is 0. The minimum atomic E-state index is -0.156. The van der Waals surface area contributed by atoms with E-state index in [0.717, 1.165) is 50.0 Å². The molecule has 5 aromatic carbocycles. The number of pyridine rings is 1. The van der Waals surface area contributed by atoms with Gasteiger partial charge in [0.1, 0.15) is 5.82 Å². The van der Waals surface area contributed by atoms with E-state index in [0.29, 0.717) is 11.5 Å². The second-order valence-electron chi connectivity index (χ2n) is 22.5. The Morgan fingerprint density at radius 1 is 0.500 bits per heavy atom. The number of aromatic nitrogens is 4. The SMILES string of the molecule is CC(C)(C)c1ccc(-c2cc(-n3c4[c-]c(Oc5[c-]c(-n6cc(-c7cc(C(C)(C)C)cc(C(C)(C)C)c7)cn6)cc(C(C)(C)C)c5)ccc4c4ccccc43)ncc2C(C)(C)C)cc1.[Pt+2]. The van der Waals surface area contributed by atoms with Gasteiger partial charge < -0.3 is 9.30 Å². The molecule has 0 saturated carbocycles. The fourth-order valence-corrected chi connectivity index (χ4v) is 8.25. The van der Waals surface area contributed by atoms with Crippen LogP contribution in [0.4, 0.5) is 0 Å². The molecule has 0 N–H and O–H groups in total. The molecule has 0 radical (unpaired) electrons. The van der Waals surface area contributed by atoms with Crippen LogP contribution in [0.1, 0.15) is 132 Å². The van der Waals surface area contributed by atoms with E-state index >= 15 is 0 Å². The zero-order chi connectivity index (χ0) is 45.4. The predicted octanol–water partition coefficient (Wildman–Crippen LogP) is 15.6. The second-order valence-corrected chi connectivity index (χ2v) is 22.5. The molecule has 0 bridgehead atoms. The van der Waals surface area contributed by atoms with Gasteiger partial charge in [0.25, 0.3) is 0 Å². The molecule has 8 aromatic rings. The summed E-state index contributed by atoms with van der Waals surface area (Å²) in [5, 5.41) is 7.12. The predicted molar refractivity (Wildman–Crippen MR) is 264 cm³/mol. The van der Waals surface area contributed by atoms with Gasteiger partial charge in [-0.05, 0) is 89.2 Å². The molecular formula is C58H64N4OPt. The summed E-state index contributed by atoms with van der Waals surface area (Å²) in [7, 11) is 0. The molecule has 3 heterocycles. The van der Waals surface area contributed by atoms with Crippen molar-refractivity contribution in [1.82, 2.24) is 19.3 Å². The first-order chi connectivity index (χ1) is 29.3. The summed E-state index contributed by atoms with van der Waals surface area (Å²) in [6, 6.07) is 42.5. The number of para-hydroxylation sites is 1. The molecule has 5 nitrogen and oxygen atoms in total. The van der Waals surface area contributed by atoms with E-state index in [9.17, 15) is 0 Å². The smallest absolute Gasteiger partial charge is 0.509 e. The Labute approximate surface area is 396 Å². The van der Waals surface area contributed by atoms with Gasteiger partial charge in [0.15, 0.2) is 0 Å². The normalized spacial score (nSPS) is 12.8. The van der Waals surface area contributed by atoms with Crippen LogP contribution in [0.15, 0.2) is 116 Å². The minimum absolute atomic E-state index is 0. The van der Waals surface area contributed by atoms with Crippen LogP contribution < -0.4 is 4.74 Å². The third-order valence-corrected chi connectivity index (χ3v) is 12.3. The maximum atomic E-state index is 6.78. The van der Waals surface area contributed by atoms with Crippen LogP contribution in [0.2, 0.25) is 0 Å². The van der Waals surface area contributed by atoms with Crippen LogP contribution in [0.5, 0.6) is 11.5 Å². The summed E-state index contributed by atoms with van der Waals surface area (Å²) in [6.07, 6.45) is 6.13. The molecule has 0 spiro atoms. The zero-order valence-corrected chi connectivity index (χ0v) is 42.8. The molecule has 64 heavy (non-hydrogen) atoms. The van der Waals surface area contributed by atoms with Gasteiger partial charge in [0, 0.05) is 35.0 Å². The van der Waals surface area contributed by atoms with E-state index in [2.05, 4.69) is 224 Å². The Morgan fingerprint density at radius 3 is 1.72 bits per heavy atom. The molecule has 3 aromatic heterocycles. The first-order valence-electron chi connectivity index (χ1n) is 22.4. The van der Waals surface area contributed by atoms with Crippen LogP contribution in [-0.4, -0.2) is 19.3 Å². The van der Waals surface area contributed by atoms with Gasteiger partial charge in [-0.1, -0.05) is 170 Å². The number of rotatable bonds is 6. The molecule has 0 unspecified atom stereocenters. The van der Waals surface area contributed by atoms with Gasteiger partial charge in [0.05, 0.1) is 6.20 Å². The zero-order valence-electron chi connectivity index (χ0n) is 40.5. The molecule has 0 aliphatic carbocycles. The first kappa shape index (κ1) is 46.7. The van der Waals surface area contributed by atoms with Crippen molar-refractivity contribution < 1.29 is 25.8 Å². The summed E-state index contributed by atoms with van der Waals surface area (Å²) in [5.41, 5.74) is 13.4. The van der Waals surface area contributed by atoms with E-state index < -0.39 is 0 Å². The van der Waals surface area contributed by atoms with E-state index in [1.165, 1.54) is 33.4 Å². The van der Waals surface area contributed by atoms with Crippen molar-refractivity contribution in [3.8, 4) is 45.3 Å². The Balaban J connectivity index is 0.00000612. The summed E-state index contributed by atoms with van der Waals surface area (Å²) >= 11 is 0. The molecule has 0 fully saturated rings. The van der Waals surface area contributed by atoms with Crippen molar-refractivity contribution in [1.29, 1.82) is 0 Å². The second kappa shape index (κ2) is 16.6. The molecule has 0 saturated heterocycles. The summed E-state index contributed by atoms with van der Waals surface area (Å²) < 4.78 is 10.9. The maximum Gasteiger partial charge on any atom is 2.00 e. The quantitative estimate of drug-likeness (QED) is 0.156. The van der Waals surface area contributed by atoms with Crippen LogP contribution >= 0.6 is 0 Å². The minimum Gasteiger partial charge on any atom is -0.509 e. The third kappa shape index (κ3) is 9.43. The van der Waals surface area contributed by atoms with Crippen LogP contribution in [0, 0.1) is 12.1 Å². The van der Waals surface area contributed by atoms with Crippen LogP contribution in [0.25, 0.3) is 55.6 Å². The van der Waals surface area contributed by atoms with Gasteiger partial charge in [-0.2, -0.15) is 11.2 Å². The van der Waals surface area contributed by atoms with Crippen LogP contribution in [-0.2, 0) is 48.1 Å². The number of hydrogen-bond acceptors (Lipinski definition) is 3. The maximum absolute atomic E-state index is 6.78. The van der Waals surface area contributed by atoms with E-state index in [-0.39, 0.29) is 48.1 Å². The van der Waals surface area contributed by atoms with E-state index in [1.807, 2.05) is 16.9 Å². The Hall–Kier alpha value is -5.25. The average Bonchev–Trinajstić information content (AvgIpc) is 3.82. The number of benzene rings is 5. The average molecular weight is 1030 g/mol. The van der Waals surface area contributed by atoms with Gasteiger partial charge in [0.2, 0.25) is 0 Å². The monoisotopic (exact) mass is 1030 g/mol. The van der Waals surface area contributed by atoms with Crippen molar-refractivity contribution in [2.45, 2.75) is 131 Å². The van der Waals surface area contributed by atoms with Gasteiger partial charge in [-0.3, -0.25) is 4.68 Å². The topological polar surface area (TPSA) is 44.9 Å². The molecule has 332 valence electrons. The van der Waals surface area contributed by atoms with Crippen molar-refractivity contribution >= 4 is 21.8 Å². The van der Waals surface area contributed by atoms with Crippen molar-refractivity contribution in [2.24, 2.45) is 0 Å². The fraction of sp³-hybridized carbons (Fsp3) is 0.345. The molecule has 0 aliphatic heterocycles. The van der Waals surface area contributed by atoms with Crippen molar-refractivity contribution in [2.75, 3.05) is 0 Å². The Morgan fingerprint density at radius 2 is 1.11 bits per heavy atom. The van der Waals surface area contributed by atoms with Crippen LogP contribution in [0.3, 0.4) is 0 Å². The van der Waals surface area contributed by atoms with E-state index in [1.54, 1.807) is 0 Å². The Bertz CT molecular complexity index is 2950. The van der Waals surface area contributed by atoms with Crippen molar-refractivity contribution in [3.63, 3.8) is 0 Å². The molecule has 0 amide bonds. The van der Waals surface area contributed by atoms with Gasteiger partial charge >= 0.3 is 21.1 Å². The molecule has 0 atom stereocenters. The molecular weight excluding hydrogens is 964 g/mol. The number of nitrogens with zero attached hydrogens (tertiary/aromatic N) is 4. The third-order valence-electron chi connectivity index (χ3n) is 12.3. The molecule has 6 heteroatoms. The summed E-state index contributed by atoms with van der Waals surface area (Å²) in [5.74, 6) is 2.03. The van der Waals surface area contributed by atoms with Gasteiger partial charge in [-0.25, -0.2) is 4.98 Å². The Kier molecular flexibility index (Phi) is 12.1. The standard InChI is InChI=1S/C58H64N4O.Pt/c1-54(2,3)40-22-20-37(21-23-40)49-33-53(59-35-50(49)58(13,14)15)62-51-19-17-16-18-47(51)48-25-24-45(32-52(48)62)63-46-30-43(57(10,11)12)29-44(31-46)61-36-39(34-60-61)38-26-41(55(4,5)6)28-42(27-38)56(7,8)9;/h16-30,33-36H,1-15H3;/q-2;+2. The largest absolute Gasteiger partial charge is 2.00 e.